The van der Waals surface area contributed by atoms with Crippen LogP contribution in [0.1, 0.15) is 19.4 Å². The van der Waals surface area contributed by atoms with Gasteiger partial charge in [0.25, 0.3) is 0 Å². The van der Waals surface area contributed by atoms with E-state index < -0.39 is 10.0 Å². The van der Waals surface area contributed by atoms with Gasteiger partial charge in [0.2, 0.25) is 10.0 Å². The van der Waals surface area contributed by atoms with Gasteiger partial charge in [-0.3, -0.25) is 4.57 Å². The lowest BCUT2D eigenvalue weighted by Crippen LogP contribution is -2.40. The summed E-state index contributed by atoms with van der Waals surface area (Å²) in [5, 5.41) is 9.74. The third-order valence-corrected chi connectivity index (χ3v) is 7.89. The van der Waals surface area contributed by atoms with E-state index in [4.69, 9.17) is 4.74 Å². The van der Waals surface area contributed by atoms with Gasteiger partial charge in [-0.05, 0) is 29.8 Å². The molecule has 2 heterocycles. The highest BCUT2D eigenvalue weighted by atomic mass is 32.2. The molecule has 1 fully saturated rings. The summed E-state index contributed by atoms with van der Waals surface area (Å²) < 4.78 is 48.3. The van der Waals surface area contributed by atoms with Crippen LogP contribution in [0.3, 0.4) is 0 Å². The highest BCUT2D eigenvalue weighted by Gasteiger charge is 2.27. The van der Waals surface area contributed by atoms with E-state index in [1.165, 1.54) is 16.4 Å². The maximum atomic E-state index is 13.4. The van der Waals surface area contributed by atoms with Gasteiger partial charge in [-0.25, -0.2) is 12.8 Å². The summed E-state index contributed by atoms with van der Waals surface area (Å²) in [5.74, 6) is 0.270. The number of halogens is 1. The number of hydrogen-bond acceptors (Lipinski definition) is 6. The Labute approximate surface area is 191 Å². The van der Waals surface area contributed by atoms with Crippen LogP contribution in [0.15, 0.2) is 58.6 Å². The Bertz CT molecular complexity index is 1170. The molecular weight excluding hydrogens is 451 g/mol. The fraction of sp³-hybridized carbons (Fsp3) is 0.364. The molecule has 1 aromatic heterocycles. The van der Waals surface area contributed by atoms with Crippen LogP contribution in [0, 0.1) is 5.82 Å². The Morgan fingerprint density at radius 2 is 1.81 bits per heavy atom. The normalized spacial score (nSPS) is 15.4. The molecule has 170 valence electrons. The Kier molecular flexibility index (Phi) is 6.94. The molecule has 1 aliphatic rings. The lowest BCUT2D eigenvalue weighted by molar-refractivity contribution is 0.0730. The van der Waals surface area contributed by atoms with Crippen molar-refractivity contribution in [2.24, 2.45) is 0 Å². The third-order valence-electron chi connectivity index (χ3n) is 5.01. The zero-order valence-electron chi connectivity index (χ0n) is 17.9. The van der Waals surface area contributed by atoms with Gasteiger partial charge in [0.1, 0.15) is 5.82 Å². The minimum Gasteiger partial charge on any atom is -0.379 e. The number of aromatic nitrogens is 3. The molecule has 0 radical (unpaired) electrons. The first-order valence-corrected chi connectivity index (χ1v) is 12.7. The maximum absolute atomic E-state index is 13.4. The van der Waals surface area contributed by atoms with Crippen LogP contribution in [-0.2, 0) is 21.3 Å². The van der Waals surface area contributed by atoms with Gasteiger partial charge >= 0.3 is 0 Å². The van der Waals surface area contributed by atoms with Crippen molar-refractivity contribution in [3.8, 4) is 11.4 Å². The third kappa shape index (κ3) is 5.03. The molecule has 1 saturated heterocycles. The molecule has 0 aliphatic carbocycles. The molecule has 0 bridgehead atoms. The average molecular weight is 477 g/mol. The number of sulfonamides is 1. The molecule has 2 aromatic carbocycles. The van der Waals surface area contributed by atoms with Crippen molar-refractivity contribution in [2.45, 2.75) is 35.7 Å². The number of nitrogens with zero attached hydrogens (tertiary/aromatic N) is 4. The zero-order valence-corrected chi connectivity index (χ0v) is 19.6. The van der Waals surface area contributed by atoms with E-state index >= 15 is 0 Å². The fourth-order valence-electron chi connectivity index (χ4n) is 3.45. The number of ether oxygens (including phenoxy) is 1. The van der Waals surface area contributed by atoms with Crippen molar-refractivity contribution in [3.05, 3.63) is 59.9 Å². The van der Waals surface area contributed by atoms with Crippen LogP contribution < -0.4 is 0 Å². The van der Waals surface area contributed by atoms with Crippen molar-refractivity contribution in [1.29, 1.82) is 0 Å². The summed E-state index contributed by atoms with van der Waals surface area (Å²) in [4.78, 5) is 0.214. The van der Waals surface area contributed by atoms with Gasteiger partial charge in [0, 0.05) is 23.9 Å². The summed E-state index contributed by atoms with van der Waals surface area (Å²) in [6, 6.07) is 13.1. The predicted molar refractivity (Wildman–Crippen MR) is 122 cm³/mol. The molecule has 3 aromatic rings. The largest absolute Gasteiger partial charge is 0.379 e. The first kappa shape index (κ1) is 22.9. The number of hydrogen-bond donors (Lipinski definition) is 0. The Morgan fingerprint density at radius 3 is 2.50 bits per heavy atom. The van der Waals surface area contributed by atoms with Crippen molar-refractivity contribution in [1.82, 2.24) is 19.1 Å². The van der Waals surface area contributed by atoms with Crippen molar-refractivity contribution in [2.75, 3.05) is 26.3 Å². The summed E-state index contributed by atoms with van der Waals surface area (Å²) in [6.07, 6.45) is 0. The fourth-order valence-corrected chi connectivity index (χ4v) is 5.69. The molecule has 10 heteroatoms. The molecule has 0 atom stereocenters. The molecule has 0 unspecified atom stereocenters. The van der Waals surface area contributed by atoms with E-state index in [9.17, 15) is 12.8 Å². The van der Waals surface area contributed by atoms with Crippen LogP contribution in [0.4, 0.5) is 4.39 Å². The lowest BCUT2D eigenvalue weighted by Gasteiger charge is -2.26. The van der Waals surface area contributed by atoms with E-state index in [2.05, 4.69) is 24.0 Å². The smallest absolute Gasteiger partial charge is 0.243 e. The van der Waals surface area contributed by atoms with E-state index in [-0.39, 0.29) is 16.0 Å². The van der Waals surface area contributed by atoms with Crippen LogP contribution in [0.2, 0.25) is 0 Å². The molecule has 0 spiro atoms. The summed E-state index contributed by atoms with van der Waals surface area (Å²) >= 11 is 1.57. The van der Waals surface area contributed by atoms with Crippen LogP contribution in [0.25, 0.3) is 11.4 Å². The molecule has 0 saturated carbocycles. The van der Waals surface area contributed by atoms with Crippen molar-refractivity contribution >= 4 is 21.8 Å². The second kappa shape index (κ2) is 9.70. The summed E-state index contributed by atoms with van der Waals surface area (Å²) in [7, 11) is -3.63. The van der Waals surface area contributed by atoms with E-state index in [1.54, 1.807) is 42.1 Å². The topological polar surface area (TPSA) is 77.3 Å². The van der Waals surface area contributed by atoms with Crippen molar-refractivity contribution in [3.63, 3.8) is 0 Å². The molecule has 32 heavy (non-hydrogen) atoms. The standard InChI is InChI=1S/C22H25FN4O3S2/c1-16(2)31-22-25-24-21(27(22)15-17-6-8-19(23)9-7-17)18-4-3-5-20(14-18)32(28,29)26-10-12-30-13-11-26/h3-9,14,16H,10-13,15H2,1-2H3. The zero-order chi connectivity index (χ0) is 22.7. The summed E-state index contributed by atoms with van der Waals surface area (Å²) in [5.41, 5.74) is 1.56. The van der Waals surface area contributed by atoms with Crippen LogP contribution in [-0.4, -0.2) is 59.0 Å². The highest BCUT2D eigenvalue weighted by molar-refractivity contribution is 7.99. The van der Waals surface area contributed by atoms with Gasteiger partial charge in [-0.2, -0.15) is 4.31 Å². The Morgan fingerprint density at radius 1 is 1.09 bits per heavy atom. The van der Waals surface area contributed by atoms with E-state index in [0.29, 0.717) is 44.2 Å². The first-order chi connectivity index (χ1) is 15.3. The number of benzene rings is 2. The van der Waals surface area contributed by atoms with E-state index in [1.807, 2.05) is 10.6 Å². The number of thioether (sulfide) groups is 1. The first-order valence-electron chi connectivity index (χ1n) is 10.4. The average Bonchev–Trinajstić information content (AvgIpc) is 3.17. The quantitative estimate of drug-likeness (QED) is 0.485. The Balaban J connectivity index is 1.72. The van der Waals surface area contributed by atoms with Gasteiger partial charge in [-0.1, -0.05) is 49.9 Å². The number of morpholine rings is 1. The lowest BCUT2D eigenvalue weighted by atomic mass is 10.2. The van der Waals surface area contributed by atoms with Gasteiger partial charge in [-0.15, -0.1) is 10.2 Å². The van der Waals surface area contributed by atoms with Crippen LogP contribution in [0.5, 0.6) is 0 Å². The molecule has 0 N–H and O–H groups in total. The molecule has 1 aliphatic heterocycles. The van der Waals surface area contributed by atoms with Gasteiger partial charge < -0.3 is 4.74 Å². The SMILES string of the molecule is CC(C)Sc1nnc(-c2cccc(S(=O)(=O)N3CCOCC3)c2)n1Cc1ccc(F)cc1. The highest BCUT2D eigenvalue weighted by Crippen LogP contribution is 2.29. The predicted octanol–water partition coefficient (Wildman–Crippen LogP) is 3.65. The van der Waals surface area contributed by atoms with Crippen LogP contribution >= 0.6 is 11.8 Å². The number of rotatable bonds is 7. The second-order valence-corrected chi connectivity index (χ2v) is 11.2. The minimum absolute atomic E-state index is 0.214. The van der Waals surface area contributed by atoms with Crippen molar-refractivity contribution < 1.29 is 17.5 Å². The second-order valence-electron chi connectivity index (χ2n) is 7.73. The summed E-state index contributed by atoms with van der Waals surface area (Å²) in [6.45, 7) is 6.03. The van der Waals surface area contributed by atoms with Gasteiger partial charge in [0.05, 0.1) is 24.7 Å². The molecule has 0 amide bonds. The molecule has 4 rings (SSSR count). The van der Waals surface area contributed by atoms with E-state index in [0.717, 1.165) is 10.7 Å². The maximum Gasteiger partial charge on any atom is 0.243 e. The monoisotopic (exact) mass is 476 g/mol. The molecular formula is C22H25FN4O3S2. The minimum atomic E-state index is -3.63. The Hall–Kier alpha value is -2.27. The molecule has 7 nitrogen and oxygen atoms in total. The van der Waals surface area contributed by atoms with Gasteiger partial charge in [0.15, 0.2) is 11.0 Å².